The van der Waals surface area contributed by atoms with Crippen LogP contribution in [0.1, 0.15) is 37.1 Å². The van der Waals surface area contributed by atoms with E-state index in [0.29, 0.717) is 22.3 Å². The molecule has 37 heavy (non-hydrogen) atoms. The molecule has 0 saturated heterocycles. The predicted octanol–water partition coefficient (Wildman–Crippen LogP) is 2.12. The molecule has 0 spiro atoms. The molecule has 1 aliphatic carbocycles. The van der Waals surface area contributed by atoms with Crippen molar-refractivity contribution in [3.05, 3.63) is 58.5 Å². The highest BCUT2D eigenvalue weighted by Crippen LogP contribution is 2.29. The highest BCUT2D eigenvalue weighted by atomic mass is 35.5. The maximum Gasteiger partial charge on any atom is 0.250 e. The monoisotopic (exact) mass is 531 g/mol. The average molecular weight is 532 g/mol. The van der Waals surface area contributed by atoms with E-state index < -0.39 is 30.3 Å². The molecule has 4 rings (SSSR count). The van der Waals surface area contributed by atoms with Crippen LogP contribution in [0.25, 0.3) is 10.9 Å². The Balaban J connectivity index is 1.48. The number of nitrogens with zero attached hydrogens (tertiary/aromatic N) is 3. The number of anilines is 1. The highest BCUT2D eigenvalue weighted by molar-refractivity contribution is 6.30. The zero-order chi connectivity index (χ0) is 26.7. The van der Waals surface area contributed by atoms with E-state index in [1.165, 1.54) is 28.6 Å². The van der Waals surface area contributed by atoms with Crippen LogP contribution >= 0.6 is 11.6 Å². The molecule has 4 N–H and O–H groups in total. The molecule has 196 valence electrons. The normalized spacial score (nSPS) is 13.9. The van der Waals surface area contributed by atoms with Crippen LogP contribution in [-0.4, -0.2) is 61.8 Å². The van der Waals surface area contributed by atoms with Gasteiger partial charge in [0.05, 0.1) is 28.9 Å². The Bertz CT molecular complexity index is 1340. The summed E-state index contributed by atoms with van der Waals surface area (Å²) >= 11 is 5.79. The number of aromatic nitrogens is 2. The van der Waals surface area contributed by atoms with E-state index >= 15 is 0 Å². The first-order valence-electron chi connectivity index (χ1n) is 11.8. The Morgan fingerprint density at radius 3 is 2.68 bits per heavy atom. The summed E-state index contributed by atoms with van der Waals surface area (Å²) in [7, 11) is 0. The number of carbonyl (C=O) groups excluding carboxylic acids is 3. The molecule has 1 aliphatic rings. The fourth-order valence-electron chi connectivity index (χ4n) is 4.03. The van der Waals surface area contributed by atoms with Gasteiger partial charge in [0.2, 0.25) is 17.7 Å². The average Bonchev–Trinajstić information content (AvgIpc) is 3.65. The summed E-state index contributed by atoms with van der Waals surface area (Å²) < 4.78 is 15.6. The van der Waals surface area contributed by atoms with Crippen LogP contribution in [0.4, 0.5) is 10.1 Å². The van der Waals surface area contributed by atoms with Gasteiger partial charge in [-0.25, -0.2) is 4.39 Å². The number of rotatable bonds is 10. The number of benzene rings is 2. The lowest BCUT2D eigenvalue weighted by molar-refractivity contribution is -0.137. The zero-order valence-electron chi connectivity index (χ0n) is 20.1. The molecule has 0 bridgehead atoms. The smallest absolute Gasteiger partial charge is 0.250 e. The Morgan fingerprint density at radius 2 is 2.00 bits per heavy atom. The van der Waals surface area contributed by atoms with Crippen LogP contribution in [0.15, 0.2) is 36.4 Å². The number of halogens is 2. The minimum atomic E-state index is -0.945. The third-order valence-corrected chi connectivity index (χ3v) is 6.31. The van der Waals surface area contributed by atoms with Crippen LogP contribution in [0, 0.1) is 5.82 Å². The van der Waals surface area contributed by atoms with Gasteiger partial charge < -0.3 is 25.7 Å². The van der Waals surface area contributed by atoms with Crippen LogP contribution in [0.3, 0.4) is 0 Å². The van der Waals surface area contributed by atoms with Gasteiger partial charge in [-0.05, 0) is 44.0 Å². The number of fused-ring (bicyclic) bond motifs is 1. The number of carbonyl (C=O) groups is 3. The Morgan fingerprint density at radius 1 is 1.24 bits per heavy atom. The second-order valence-corrected chi connectivity index (χ2v) is 9.31. The molecule has 1 aromatic heterocycles. The Kier molecular flexibility index (Phi) is 8.06. The van der Waals surface area contributed by atoms with E-state index in [1.807, 2.05) is 0 Å². The number of amides is 3. The molecule has 1 atom stereocenters. The molecule has 1 unspecified atom stereocenters. The van der Waals surface area contributed by atoms with Crippen molar-refractivity contribution in [3.8, 4) is 0 Å². The van der Waals surface area contributed by atoms with Crippen LogP contribution in [-0.2, 0) is 27.5 Å². The molecule has 10 nitrogen and oxygen atoms in total. The minimum Gasteiger partial charge on any atom is -0.387 e. The first kappa shape index (κ1) is 26.5. The van der Waals surface area contributed by atoms with Crippen LogP contribution < -0.4 is 10.6 Å². The second kappa shape index (κ2) is 11.2. The number of aliphatic hydroxyl groups is 2. The largest absolute Gasteiger partial charge is 0.387 e. The molecule has 2 aromatic carbocycles. The van der Waals surface area contributed by atoms with Crippen molar-refractivity contribution in [2.75, 3.05) is 18.5 Å². The number of hydrogen-bond donors (Lipinski definition) is 4. The summed E-state index contributed by atoms with van der Waals surface area (Å²) in [4.78, 5) is 38.9. The van der Waals surface area contributed by atoms with Crippen molar-refractivity contribution in [3.63, 3.8) is 0 Å². The van der Waals surface area contributed by atoms with E-state index in [2.05, 4.69) is 15.7 Å². The summed E-state index contributed by atoms with van der Waals surface area (Å²) in [6.45, 7) is 0.447. The second-order valence-electron chi connectivity index (χ2n) is 8.90. The van der Waals surface area contributed by atoms with E-state index in [0.717, 1.165) is 12.8 Å². The summed E-state index contributed by atoms with van der Waals surface area (Å²) in [5.74, 6) is -1.94. The quantitative estimate of drug-likeness (QED) is 0.316. The van der Waals surface area contributed by atoms with E-state index in [1.54, 1.807) is 24.3 Å². The predicted molar refractivity (Wildman–Crippen MR) is 134 cm³/mol. The van der Waals surface area contributed by atoms with Crippen molar-refractivity contribution in [1.82, 2.24) is 20.0 Å². The van der Waals surface area contributed by atoms with Crippen molar-refractivity contribution in [2.24, 2.45) is 0 Å². The fourth-order valence-corrected chi connectivity index (χ4v) is 4.22. The molecule has 12 heteroatoms. The molecule has 3 aromatic rings. The van der Waals surface area contributed by atoms with Gasteiger partial charge in [0.1, 0.15) is 19.0 Å². The zero-order valence-corrected chi connectivity index (χ0v) is 20.8. The Hall–Kier alpha value is -3.54. The molecule has 0 aliphatic heterocycles. The third kappa shape index (κ3) is 6.24. The van der Waals surface area contributed by atoms with E-state index in [4.69, 9.17) is 16.7 Å². The van der Waals surface area contributed by atoms with E-state index in [9.17, 15) is 23.9 Å². The standard InChI is InChI=1S/C25H27ClFN5O5/c1-14(34)25-18-9-16(29-22(36)13-33)5-8-20(18)32(30-25)12-23(37)31(17-6-7-17)11-21(35)28-10-15-3-2-4-19(26)24(15)27/h2-5,8-9,14,17,33-34H,6-7,10-13H2,1H3,(H,28,35)(H,29,36). The number of hydrogen-bond acceptors (Lipinski definition) is 6. The van der Waals surface area contributed by atoms with Gasteiger partial charge in [0.15, 0.2) is 0 Å². The molecule has 1 fully saturated rings. The molecule has 1 saturated carbocycles. The van der Waals surface area contributed by atoms with Gasteiger partial charge >= 0.3 is 0 Å². The van der Waals surface area contributed by atoms with Gasteiger partial charge in [-0.1, -0.05) is 23.7 Å². The number of nitrogens with one attached hydrogen (secondary N) is 2. The molecular weight excluding hydrogens is 505 g/mol. The van der Waals surface area contributed by atoms with Crippen molar-refractivity contribution in [1.29, 1.82) is 0 Å². The minimum absolute atomic E-state index is 0.0348. The SMILES string of the molecule is CC(O)c1nn(CC(=O)N(CC(=O)NCc2cccc(Cl)c2F)C2CC2)c2ccc(NC(=O)CO)cc12. The fraction of sp³-hybridized carbons (Fsp3) is 0.360. The first-order chi connectivity index (χ1) is 17.7. The van der Waals surface area contributed by atoms with Crippen molar-refractivity contribution in [2.45, 2.75) is 45.0 Å². The summed E-state index contributed by atoms with van der Waals surface area (Å²) in [6, 6.07) is 9.33. The van der Waals surface area contributed by atoms with E-state index in [-0.39, 0.29) is 42.2 Å². The lowest BCUT2D eigenvalue weighted by Gasteiger charge is -2.22. The van der Waals surface area contributed by atoms with Crippen LogP contribution in [0.5, 0.6) is 0 Å². The van der Waals surface area contributed by atoms with Gasteiger partial charge in [-0.2, -0.15) is 5.10 Å². The van der Waals surface area contributed by atoms with Gasteiger partial charge in [-0.15, -0.1) is 0 Å². The molecular formula is C25H27ClFN5O5. The lowest BCUT2D eigenvalue weighted by Crippen LogP contribution is -2.43. The summed E-state index contributed by atoms with van der Waals surface area (Å²) in [6.07, 6.45) is 0.600. The van der Waals surface area contributed by atoms with Gasteiger partial charge in [0.25, 0.3) is 0 Å². The maximum absolute atomic E-state index is 14.1. The summed E-state index contributed by atoms with van der Waals surface area (Å²) in [5.41, 5.74) is 1.53. The topological polar surface area (TPSA) is 137 Å². The molecule has 1 heterocycles. The molecule has 3 amide bonds. The summed E-state index contributed by atoms with van der Waals surface area (Å²) in [5, 5.41) is 29.3. The highest BCUT2D eigenvalue weighted by Gasteiger charge is 2.34. The van der Waals surface area contributed by atoms with Gasteiger partial charge in [-0.3, -0.25) is 19.1 Å². The van der Waals surface area contributed by atoms with Crippen LogP contribution in [0.2, 0.25) is 5.02 Å². The Labute approximate surface area is 217 Å². The third-order valence-electron chi connectivity index (χ3n) is 6.02. The molecule has 0 radical (unpaired) electrons. The van der Waals surface area contributed by atoms with Crippen molar-refractivity contribution < 1.29 is 29.0 Å². The number of aliphatic hydroxyl groups excluding tert-OH is 2. The lowest BCUT2D eigenvalue weighted by atomic mass is 10.1. The van der Waals surface area contributed by atoms with Crippen molar-refractivity contribution >= 4 is 45.9 Å². The van der Waals surface area contributed by atoms with Gasteiger partial charge in [0, 0.05) is 29.2 Å². The first-order valence-corrected chi connectivity index (χ1v) is 12.1. The maximum atomic E-state index is 14.1.